The summed E-state index contributed by atoms with van der Waals surface area (Å²) in [6, 6.07) is 3.85. The van der Waals surface area contributed by atoms with Crippen molar-refractivity contribution < 1.29 is 4.79 Å². The molecule has 5 nitrogen and oxygen atoms in total. The third kappa shape index (κ3) is 3.10. The highest BCUT2D eigenvalue weighted by molar-refractivity contribution is 7.17. The predicted molar refractivity (Wildman–Crippen MR) is 120 cm³/mol. The quantitative estimate of drug-likeness (QED) is 0.570. The molecule has 30 heavy (non-hydrogen) atoms. The molecule has 4 aliphatic carbocycles. The molecular formula is C23H24N4OS2. The number of thiazole rings is 2. The monoisotopic (exact) mass is 436 g/mol. The standard InChI is InChI=1S/C23H24N4OS2/c1-13-19(30-21(25-13)17-3-2-4-24-11-17)20(28)27-22-26-18(12-29-22)23-8-14-5-15(9-23)7-16(6-14)10-23/h2-4,11-12,14-16H,5-10H2,1H3,(H,26,27,28). The maximum Gasteiger partial charge on any atom is 0.269 e. The van der Waals surface area contributed by atoms with E-state index in [1.807, 2.05) is 19.1 Å². The average Bonchev–Trinajstić information content (AvgIpc) is 3.35. The van der Waals surface area contributed by atoms with Crippen molar-refractivity contribution in [2.24, 2.45) is 17.8 Å². The minimum absolute atomic E-state index is 0.119. The fourth-order valence-electron chi connectivity index (χ4n) is 6.37. The molecule has 4 saturated carbocycles. The van der Waals surface area contributed by atoms with Gasteiger partial charge in [0.25, 0.3) is 5.91 Å². The first-order valence-corrected chi connectivity index (χ1v) is 12.4. The van der Waals surface area contributed by atoms with Gasteiger partial charge in [-0.15, -0.1) is 22.7 Å². The van der Waals surface area contributed by atoms with Gasteiger partial charge >= 0.3 is 0 Å². The van der Waals surface area contributed by atoms with Crippen LogP contribution >= 0.6 is 22.7 Å². The first kappa shape index (κ1) is 18.6. The van der Waals surface area contributed by atoms with Crippen molar-refractivity contribution >= 4 is 33.7 Å². The van der Waals surface area contributed by atoms with Crippen LogP contribution in [0.15, 0.2) is 29.9 Å². The van der Waals surface area contributed by atoms with Gasteiger partial charge in [0.05, 0.1) is 11.4 Å². The summed E-state index contributed by atoms with van der Waals surface area (Å²) < 4.78 is 0. The summed E-state index contributed by atoms with van der Waals surface area (Å²) in [4.78, 5) is 27.2. The lowest BCUT2D eigenvalue weighted by Crippen LogP contribution is -2.48. The molecule has 0 aromatic carbocycles. The van der Waals surface area contributed by atoms with E-state index in [1.165, 1.54) is 55.6 Å². The Kier molecular flexibility index (Phi) is 4.32. The first-order valence-electron chi connectivity index (χ1n) is 10.7. The van der Waals surface area contributed by atoms with Crippen LogP contribution in [-0.2, 0) is 5.41 Å². The smallest absolute Gasteiger partial charge is 0.269 e. The molecule has 4 fully saturated rings. The fraction of sp³-hybridized carbons (Fsp3) is 0.478. The van der Waals surface area contributed by atoms with Crippen LogP contribution < -0.4 is 5.32 Å². The van der Waals surface area contributed by atoms with Crippen LogP contribution in [0.5, 0.6) is 0 Å². The number of nitrogens with one attached hydrogen (secondary N) is 1. The molecule has 0 saturated heterocycles. The van der Waals surface area contributed by atoms with E-state index < -0.39 is 0 Å². The molecule has 7 heteroatoms. The number of amides is 1. The van der Waals surface area contributed by atoms with Gasteiger partial charge in [-0.1, -0.05) is 0 Å². The van der Waals surface area contributed by atoms with E-state index >= 15 is 0 Å². The van der Waals surface area contributed by atoms with Crippen molar-refractivity contribution in [1.82, 2.24) is 15.0 Å². The highest BCUT2D eigenvalue weighted by Gasteiger charge is 2.52. The van der Waals surface area contributed by atoms with Crippen LogP contribution in [0.2, 0.25) is 0 Å². The van der Waals surface area contributed by atoms with Gasteiger partial charge in [0, 0.05) is 28.8 Å². The molecule has 3 aromatic heterocycles. The Bertz CT molecular complexity index is 1070. The fourth-order valence-corrected chi connectivity index (χ4v) is 8.15. The largest absolute Gasteiger partial charge is 0.297 e. The molecular weight excluding hydrogens is 412 g/mol. The Morgan fingerprint density at radius 1 is 1.13 bits per heavy atom. The number of aromatic nitrogens is 3. The van der Waals surface area contributed by atoms with Gasteiger partial charge < -0.3 is 0 Å². The molecule has 4 aliphatic rings. The second kappa shape index (κ2) is 6.95. The van der Waals surface area contributed by atoms with E-state index in [0.29, 0.717) is 10.0 Å². The Morgan fingerprint density at radius 2 is 1.87 bits per heavy atom. The van der Waals surface area contributed by atoms with E-state index in [2.05, 4.69) is 20.7 Å². The van der Waals surface area contributed by atoms with E-state index in [1.54, 1.807) is 23.7 Å². The van der Waals surface area contributed by atoms with Gasteiger partial charge in [0.1, 0.15) is 9.88 Å². The molecule has 1 N–H and O–H groups in total. The van der Waals surface area contributed by atoms with Crippen molar-refractivity contribution in [3.8, 4) is 10.6 Å². The van der Waals surface area contributed by atoms with Crippen LogP contribution in [0.3, 0.4) is 0 Å². The molecule has 7 rings (SSSR count). The highest BCUT2D eigenvalue weighted by atomic mass is 32.1. The number of rotatable bonds is 4. The Hall–Kier alpha value is -2.12. The summed E-state index contributed by atoms with van der Waals surface area (Å²) in [5, 5.41) is 6.77. The van der Waals surface area contributed by atoms with Crippen molar-refractivity contribution in [1.29, 1.82) is 0 Å². The molecule has 0 unspecified atom stereocenters. The van der Waals surface area contributed by atoms with Gasteiger partial charge in [-0.25, -0.2) is 9.97 Å². The summed E-state index contributed by atoms with van der Waals surface area (Å²) in [5.41, 5.74) is 3.17. The number of pyridine rings is 1. The lowest BCUT2D eigenvalue weighted by Gasteiger charge is -2.56. The van der Waals surface area contributed by atoms with Crippen LogP contribution in [-0.4, -0.2) is 20.9 Å². The maximum absolute atomic E-state index is 12.9. The zero-order valence-electron chi connectivity index (χ0n) is 16.9. The molecule has 0 radical (unpaired) electrons. The zero-order chi connectivity index (χ0) is 20.3. The zero-order valence-corrected chi connectivity index (χ0v) is 18.6. The first-order chi connectivity index (χ1) is 14.6. The number of carbonyl (C=O) groups excluding carboxylic acids is 1. The molecule has 0 aliphatic heterocycles. The van der Waals surface area contributed by atoms with E-state index in [9.17, 15) is 4.79 Å². The van der Waals surface area contributed by atoms with Gasteiger partial charge in [-0.3, -0.25) is 15.1 Å². The van der Waals surface area contributed by atoms with Crippen LogP contribution in [0.1, 0.15) is 59.6 Å². The second-order valence-electron chi connectivity index (χ2n) is 9.37. The highest BCUT2D eigenvalue weighted by Crippen LogP contribution is 2.60. The minimum atomic E-state index is -0.119. The van der Waals surface area contributed by atoms with Gasteiger partial charge in [0.2, 0.25) is 0 Å². The van der Waals surface area contributed by atoms with E-state index in [0.717, 1.165) is 34.0 Å². The van der Waals surface area contributed by atoms with Crippen molar-refractivity contribution in [3.63, 3.8) is 0 Å². The summed E-state index contributed by atoms with van der Waals surface area (Å²) >= 11 is 2.97. The molecule has 3 heterocycles. The third-order valence-corrected chi connectivity index (χ3v) is 9.18. The van der Waals surface area contributed by atoms with Crippen LogP contribution in [0.25, 0.3) is 10.6 Å². The lowest BCUT2D eigenvalue weighted by atomic mass is 9.49. The molecule has 1 amide bonds. The summed E-state index contributed by atoms with van der Waals surface area (Å²) in [7, 11) is 0. The van der Waals surface area contributed by atoms with Crippen molar-refractivity contribution in [2.75, 3.05) is 5.32 Å². The third-order valence-electron chi connectivity index (χ3n) is 7.22. The lowest BCUT2D eigenvalue weighted by molar-refractivity contribution is -0.00688. The van der Waals surface area contributed by atoms with Crippen molar-refractivity contribution in [3.05, 3.63) is 46.2 Å². The average molecular weight is 437 g/mol. The Labute approximate surface area is 184 Å². The molecule has 0 spiro atoms. The molecule has 4 bridgehead atoms. The van der Waals surface area contributed by atoms with Crippen LogP contribution in [0.4, 0.5) is 5.13 Å². The Balaban J connectivity index is 1.22. The van der Waals surface area contributed by atoms with Gasteiger partial charge in [0.15, 0.2) is 5.13 Å². The maximum atomic E-state index is 12.9. The number of hydrogen-bond acceptors (Lipinski definition) is 6. The number of nitrogens with zero attached hydrogens (tertiary/aromatic N) is 3. The van der Waals surface area contributed by atoms with Gasteiger partial charge in [-0.2, -0.15) is 0 Å². The van der Waals surface area contributed by atoms with E-state index in [4.69, 9.17) is 4.98 Å². The normalized spacial score (nSPS) is 29.3. The Morgan fingerprint density at radius 3 is 2.53 bits per heavy atom. The summed E-state index contributed by atoms with van der Waals surface area (Å²) in [6.07, 6.45) is 11.7. The molecule has 3 aromatic rings. The number of aryl methyl sites for hydroxylation is 1. The number of anilines is 1. The minimum Gasteiger partial charge on any atom is -0.297 e. The molecule has 0 atom stereocenters. The molecule has 154 valence electrons. The van der Waals surface area contributed by atoms with Crippen molar-refractivity contribution in [2.45, 2.75) is 50.9 Å². The van der Waals surface area contributed by atoms with Gasteiger partial charge in [-0.05, 0) is 75.3 Å². The SMILES string of the molecule is Cc1nc(-c2cccnc2)sc1C(=O)Nc1nc(C23CC4CC(CC(C4)C2)C3)cs1. The topological polar surface area (TPSA) is 67.8 Å². The van der Waals surface area contributed by atoms with Crippen LogP contribution in [0, 0.1) is 24.7 Å². The van der Waals surface area contributed by atoms with E-state index in [-0.39, 0.29) is 11.3 Å². The predicted octanol–water partition coefficient (Wildman–Crippen LogP) is 5.69. The number of carbonyl (C=O) groups is 1. The summed E-state index contributed by atoms with van der Waals surface area (Å²) in [6.45, 7) is 1.88. The second-order valence-corrected chi connectivity index (χ2v) is 11.2. The number of hydrogen-bond donors (Lipinski definition) is 1. The summed E-state index contributed by atoms with van der Waals surface area (Å²) in [5.74, 6) is 2.55.